The molecule has 0 aliphatic carbocycles. The molecule has 1 aromatic carbocycles. The van der Waals surface area contributed by atoms with E-state index < -0.39 is 0 Å². The van der Waals surface area contributed by atoms with E-state index in [2.05, 4.69) is 15.8 Å². The van der Waals surface area contributed by atoms with E-state index in [0.29, 0.717) is 5.56 Å². The molecule has 0 saturated heterocycles. The maximum atomic E-state index is 9.08. The second-order valence-corrected chi connectivity index (χ2v) is 5.15. The number of aryl methyl sites for hydroxylation is 1. The average molecular weight is 278 g/mol. The van der Waals surface area contributed by atoms with E-state index in [1.165, 1.54) is 11.5 Å². The third kappa shape index (κ3) is 2.47. The molecule has 5 heteroatoms. The maximum absolute atomic E-state index is 9.08. The van der Waals surface area contributed by atoms with Crippen LogP contribution in [0.15, 0.2) is 24.3 Å². The number of benzene rings is 1. The Morgan fingerprint density at radius 2 is 2.17 bits per heavy atom. The summed E-state index contributed by atoms with van der Waals surface area (Å²) >= 11 is 7.45. The second kappa shape index (κ2) is 5.38. The molecule has 1 aromatic heterocycles. The van der Waals surface area contributed by atoms with Crippen molar-refractivity contribution in [3.63, 3.8) is 0 Å². The first-order valence-electron chi connectivity index (χ1n) is 5.50. The van der Waals surface area contributed by atoms with Gasteiger partial charge in [-0.15, -0.1) is 0 Å². The normalized spacial score (nSPS) is 11.9. The molecule has 0 amide bonds. The largest absolute Gasteiger partial charge is 0.368 e. The predicted octanol–water partition coefficient (Wildman–Crippen LogP) is 4.15. The lowest BCUT2D eigenvalue weighted by molar-refractivity contribution is 0.889. The monoisotopic (exact) mass is 277 g/mol. The fourth-order valence-electron chi connectivity index (χ4n) is 1.70. The molecular formula is C13H12ClN3S. The van der Waals surface area contributed by atoms with E-state index in [4.69, 9.17) is 16.9 Å². The molecule has 1 heterocycles. The quantitative estimate of drug-likeness (QED) is 0.917. The van der Waals surface area contributed by atoms with Crippen molar-refractivity contribution in [2.45, 2.75) is 19.9 Å². The average Bonchev–Trinajstić information content (AvgIpc) is 2.70. The molecule has 0 spiro atoms. The van der Waals surface area contributed by atoms with Gasteiger partial charge in [-0.25, -0.2) is 0 Å². The highest BCUT2D eigenvalue weighted by atomic mass is 35.5. The molecule has 1 unspecified atom stereocenters. The molecule has 0 fully saturated rings. The summed E-state index contributed by atoms with van der Waals surface area (Å²) in [6, 6.07) is 9.88. The van der Waals surface area contributed by atoms with Crippen molar-refractivity contribution in [1.82, 2.24) is 4.37 Å². The highest BCUT2D eigenvalue weighted by molar-refractivity contribution is 7.10. The zero-order valence-electron chi connectivity index (χ0n) is 10.1. The van der Waals surface area contributed by atoms with E-state index in [1.807, 2.05) is 38.1 Å². The first-order valence-corrected chi connectivity index (χ1v) is 6.66. The molecule has 0 radical (unpaired) electrons. The Bertz CT molecular complexity index is 601. The van der Waals surface area contributed by atoms with Crippen molar-refractivity contribution in [1.29, 1.82) is 5.26 Å². The number of rotatable bonds is 3. The number of nitrogens with one attached hydrogen (secondary N) is 1. The number of hydrogen-bond acceptors (Lipinski definition) is 4. The van der Waals surface area contributed by atoms with Gasteiger partial charge >= 0.3 is 0 Å². The van der Waals surface area contributed by atoms with Crippen LogP contribution in [0, 0.1) is 18.3 Å². The van der Waals surface area contributed by atoms with Gasteiger partial charge in [0, 0.05) is 5.02 Å². The minimum absolute atomic E-state index is 0.0330. The first kappa shape index (κ1) is 12.9. The van der Waals surface area contributed by atoms with Gasteiger partial charge in [0.15, 0.2) is 0 Å². The predicted molar refractivity (Wildman–Crippen MR) is 75.1 cm³/mol. The molecule has 0 aliphatic rings. The summed E-state index contributed by atoms with van der Waals surface area (Å²) in [6.07, 6.45) is 0. The number of nitriles is 1. The standard InChI is InChI=1S/C13H12ClN3S/c1-8(10-5-3-4-6-12(10)14)16-13-11(7-15)9(2)17-18-13/h3-6,8,16H,1-2H3. The van der Waals surface area contributed by atoms with E-state index in [1.54, 1.807) is 0 Å². The lowest BCUT2D eigenvalue weighted by atomic mass is 10.1. The van der Waals surface area contributed by atoms with Gasteiger partial charge in [0.05, 0.1) is 11.7 Å². The second-order valence-electron chi connectivity index (χ2n) is 3.97. The van der Waals surface area contributed by atoms with Gasteiger partial charge in [-0.1, -0.05) is 29.8 Å². The van der Waals surface area contributed by atoms with Crippen LogP contribution in [-0.4, -0.2) is 4.37 Å². The van der Waals surface area contributed by atoms with Crippen LogP contribution in [-0.2, 0) is 0 Å². The summed E-state index contributed by atoms with van der Waals surface area (Å²) in [6.45, 7) is 3.85. The summed E-state index contributed by atoms with van der Waals surface area (Å²) in [5.74, 6) is 0. The number of nitrogens with zero attached hydrogens (tertiary/aromatic N) is 2. The zero-order valence-corrected chi connectivity index (χ0v) is 11.6. The summed E-state index contributed by atoms with van der Waals surface area (Å²) in [7, 11) is 0. The minimum Gasteiger partial charge on any atom is -0.368 e. The highest BCUT2D eigenvalue weighted by Crippen LogP contribution is 2.30. The zero-order chi connectivity index (χ0) is 13.1. The molecule has 0 aliphatic heterocycles. The number of hydrogen-bond donors (Lipinski definition) is 1. The van der Waals surface area contributed by atoms with Crippen molar-refractivity contribution in [2.24, 2.45) is 0 Å². The molecule has 18 heavy (non-hydrogen) atoms. The van der Waals surface area contributed by atoms with Gasteiger partial charge in [-0.3, -0.25) is 0 Å². The Balaban J connectivity index is 2.25. The Labute approximate surface area is 115 Å². The topological polar surface area (TPSA) is 48.7 Å². The lowest BCUT2D eigenvalue weighted by Crippen LogP contribution is -2.06. The lowest BCUT2D eigenvalue weighted by Gasteiger charge is -2.15. The van der Waals surface area contributed by atoms with Gasteiger partial charge in [0.25, 0.3) is 0 Å². The Morgan fingerprint density at radius 1 is 1.44 bits per heavy atom. The van der Waals surface area contributed by atoms with Crippen LogP contribution in [0.1, 0.15) is 29.8 Å². The Kier molecular flexibility index (Phi) is 3.85. The molecule has 2 aromatic rings. The maximum Gasteiger partial charge on any atom is 0.128 e. The first-order chi connectivity index (χ1) is 8.63. The van der Waals surface area contributed by atoms with E-state index in [9.17, 15) is 0 Å². The summed E-state index contributed by atoms with van der Waals surface area (Å²) in [5, 5.41) is 13.9. The van der Waals surface area contributed by atoms with Crippen molar-refractivity contribution >= 4 is 28.1 Å². The van der Waals surface area contributed by atoms with Gasteiger partial charge in [0.1, 0.15) is 16.6 Å². The Hall–Kier alpha value is -1.57. The van der Waals surface area contributed by atoms with E-state index in [-0.39, 0.29) is 6.04 Å². The molecule has 1 N–H and O–H groups in total. The molecule has 3 nitrogen and oxygen atoms in total. The van der Waals surface area contributed by atoms with Gasteiger partial charge in [-0.05, 0) is 37.0 Å². The van der Waals surface area contributed by atoms with Crippen LogP contribution in [0.5, 0.6) is 0 Å². The molecule has 2 rings (SSSR count). The SMILES string of the molecule is Cc1nsc(NC(C)c2ccccc2Cl)c1C#N. The third-order valence-corrected chi connectivity index (χ3v) is 3.91. The number of halogens is 1. The van der Waals surface area contributed by atoms with Crippen LogP contribution < -0.4 is 5.32 Å². The fraction of sp³-hybridized carbons (Fsp3) is 0.231. The van der Waals surface area contributed by atoms with Crippen LogP contribution in [0.4, 0.5) is 5.00 Å². The smallest absolute Gasteiger partial charge is 0.128 e. The Morgan fingerprint density at radius 3 is 2.83 bits per heavy atom. The van der Waals surface area contributed by atoms with E-state index in [0.717, 1.165) is 21.3 Å². The summed E-state index contributed by atoms with van der Waals surface area (Å²) in [5.41, 5.74) is 2.38. The minimum atomic E-state index is 0.0330. The van der Waals surface area contributed by atoms with E-state index >= 15 is 0 Å². The van der Waals surface area contributed by atoms with Gasteiger partial charge in [0.2, 0.25) is 0 Å². The van der Waals surface area contributed by atoms with Crippen molar-refractivity contribution in [3.8, 4) is 6.07 Å². The molecular weight excluding hydrogens is 266 g/mol. The number of aromatic nitrogens is 1. The third-order valence-electron chi connectivity index (χ3n) is 2.69. The van der Waals surface area contributed by atoms with Crippen molar-refractivity contribution < 1.29 is 0 Å². The summed E-state index contributed by atoms with van der Waals surface area (Å²) < 4.78 is 4.18. The fourth-order valence-corrected chi connectivity index (χ4v) is 2.83. The van der Waals surface area contributed by atoms with Gasteiger partial charge in [-0.2, -0.15) is 9.64 Å². The molecule has 0 bridgehead atoms. The van der Waals surface area contributed by atoms with Crippen molar-refractivity contribution in [3.05, 3.63) is 46.1 Å². The molecule has 92 valence electrons. The van der Waals surface area contributed by atoms with Crippen LogP contribution >= 0.6 is 23.1 Å². The molecule has 1 atom stereocenters. The van der Waals surface area contributed by atoms with Crippen LogP contribution in [0.25, 0.3) is 0 Å². The van der Waals surface area contributed by atoms with Crippen LogP contribution in [0.2, 0.25) is 5.02 Å². The highest BCUT2D eigenvalue weighted by Gasteiger charge is 2.14. The molecule has 0 saturated carbocycles. The number of anilines is 1. The van der Waals surface area contributed by atoms with Crippen LogP contribution in [0.3, 0.4) is 0 Å². The van der Waals surface area contributed by atoms with Gasteiger partial charge < -0.3 is 5.32 Å². The van der Waals surface area contributed by atoms with Crippen molar-refractivity contribution in [2.75, 3.05) is 5.32 Å². The summed E-state index contributed by atoms with van der Waals surface area (Å²) in [4.78, 5) is 0.